The summed E-state index contributed by atoms with van der Waals surface area (Å²) in [6, 6.07) is 7.75. The van der Waals surface area contributed by atoms with E-state index >= 15 is 0 Å². The zero-order valence-electron chi connectivity index (χ0n) is 14.1. The summed E-state index contributed by atoms with van der Waals surface area (Å²) < 4.78 is 5.24. The Morgan fingerprint density at radius 1 is 1.26 bits per heavy atom. The van der Waals surface area contributed by atoms with E-state index in [4.69, 9.17) is 4.74 Å². The first kappa shape index (κ1) is 16.0. The number of carbonyl (C=O) groups excluding carboxylic acids is 1. The number of hydrogen-bond acceptors (Lipinski definition) is 4. The van der Waals surface area contributed by atoms with Gasteiger partial charge in [-0.1, -0.05) is 39.8 Å². The maximum atomic E-state index is 12.5. The molecule has 1 amide bonds. The number of anilines is 1. The number of ether oxygens (including phenoxy) is 1. The first-order valence-electron chi connectivity index (χ1n) is 7.68. The molecule has 5 heteroatoms. The van der Waals surface area contributed by atoms with Gasteiger partial charge in [-0.15, -0.1) is 11.3 Å². The average Bonchev–Trinajstić information content (AvgIpc) is 2.83. The second-order valence-electron chi connectivity index (χ2n) is 7.14. The van der Waals surface area contributed by atoms with Crippen LogP contribution in [0.15, 0.2) is 29.6 Å². The van der Waals surface area contributed by atoms with Gasteiger partial charge in [0, 0.05) is 16.9 Å². The van der Waals surface area contributed by atoms with Crippen LogP contribution in [0.1, 0.15) is 27.7 Å². The van der Waals surface area contributed by atoms with Crippen LogP contribution in [0.2, 0.25) is 0 Å². The molecule has 0 bridgehead atoms. The molecule has 1 saturated carbocycles. The van der Waals surface area contributed by atoms with Gasteiger partial charge in [-0.05, 0) is 23.0 Å². The number of amides is 1. The van der Waals surface area contributed by atoms with Gasteiger partial charge < -0.3 is 10.1 Å². The fourth-order valence-electron chi connectivity index (χ4n) is 3.28. The van der Waals surface area contributed by atoms with E-state index < -0.39 is 0 Å². The van der Waals surface area contributed by atoms with E-state index in [0.29, 0.717) is 5.13 Å². The minimum atomic E-state index is 0.0270. The van der Waals surface area contributed by atoms with Gasteiger partial charge in [0.05, 0.1) is 12.8 Å². The highest BCUT2D eigenvalue weighted by Gasteiger charge is 2.68. The van der Waals surface area contributed by atoms with Crippen LogP contribution in [0.25, 0.3) is 11.3 Å². The summed E-state index contributed by atoms with van der Waals surface area (Å²) in [5.41, 5.74) is 1.89. The van der Waals surface area contributed by atoms with Crippen molar-refractivity contribution >= 4 is 22.4 Å². The van der Waals surface area contributed by atoms with Gasteiger partial charge in [0.15, 0.2) is 5.13 Å². The van der Waals surface area contributed by atoms with Gasteiger partial charge in [0.2, 0.25) is 5.91 Å². The van der Waals surface area contributed by atoms with Gasteiger partial charge in [0.1, 0.15) is 5.75 Å². The maximum absolute atomic E-state index is 12.5. The van der Waals surface area contributed by atoms with E-state index in [1.165, 1.54) is 11.3 Å². The van der Waals surface area contributed by atoms with Crippen molar-refractivity contribution in [3.05, 3.63) is 29.6 Å². The highest BCUT2D eigenvalue weighted by Crippen LogP contribution is 2.68. The molecule has 1 N–H and O–H groups in total. The minimum Gasteiger partial charge on any atom is -0.497 e. The quantitative estimate of drug-likeness (QED) is 0.901. The van der Waals surface area contributed by atoms with E-state index in [0.717, 1.165) is 17.0 Å². The molecule has 0 atom stereocenters. The molecule has 0 spiro atoms. The number of carbonyl (C=O) groups is 1. The van der Waals surface area contributed by atoms with Gasteiger partial charge in [-0.2, -0.15) is 0 Å². The van der Waals surface area contributed by atoms with Crippen LogP contribution < -0.4 is 10.1 Å². The molecule has 0 aliphatic heterocycles. The number of methoxy groups -OCH3 is 1. The van der Waals surface area contributed by atoms with Crippen LogP contribution in [0.5, 0.6) is 5.75 Å². The van der Waals surface area contributed by atoms with Crippen molar-refractivity contribution in [3.63, 3.8) is 0 Å². The molecule has 23 heavy (non-hydrogen) atoms. The molecule has 0 unspecified atom stereocenters. The standard InChI is InChI=1S/C18H22N2O2S/c1-17(2)14(18(17,3)4)15(21)20-16-19-13(10-23-16)11-7-6-8-12(9-11)22-5/h6-10,14H,1-5H3,(H,19,20,21). The first-order valence-corrected chi connectivity index (χ1v) is 8.56. The molecule has 1 fully saturated rings. The Kier molecular flexibility index (Phi) is 3.71. The van der Waals surface area contributed by atoms with Crippen molar-refractivity contribution in [2.24, 2.45) is 16.7 Å². The fraction of sp³-hybridized carbons (Fsp3) is 0.444. The molecule has 2 aromatic rings. The summed E-state index contributed by atoms with van der Waals surface area (Å²) in [6.07, 6.45) is 0. The number of nitrogens with zero attached hydrogens (tertiary/aromatic N) is 1. The molecule has 1 aromatic carbocycles. The van der Waals surface area contributed by atoms with E-state index in [2.05, 4.69) is 38.0 Å². The number of benzene rings is 1. The van der Waals surface area contributed by atoms with E-state index in [-0.39, 0.29) is 22.7 Å². The van der Waals surface area contributed by atoms with Crippen molar-refractivity contribution in [1.29, 1.82) is 0 Å². The van der Waals surface area contributed by atoms with Crippen molar-refractivity contribution < 1.29 is 9.53 Å². The predicted octanol–water partition coefficient (Wildman–Crippen LogP) is 4.44. The normalized spacial score (nSPS) is 18.5. The first-order chi connectivity index (χ1) is 10.8. The minimum absolute atomic E-state index is 0.0270. The van der Waals surface area contributed by atoms with Gasteiger partial charge >= 0.3 is 0 Å². The molecule has 1 heterocycles. The molecular weight excluding hydrogens is 308 g/mol. The lowest BCUT2D eigenvalue weighted by atomic mass is 10.0. The van der Waals surface area contributed by atoms with Crippen LogP contribution in [0.3, 0.4) is 0 Å². The molecule has 4 nitrogen and oxygen atoms in total. The van der Waals surface area contributed by atoms with E-state index in [9.17, 15) is 4.79 Å². The second kappa shape index (κ2) is 5.34. The molecule has 1 aliphatic rings. The van der Waals surface area contributed by atoms with Crippen molar-refractivity contribution in [2.75, 3.05) is 12.4 Å². The lowest BCUT2D eigenvalue weighted by Crippen LogP contribution is -2.17. The Morgan fingerprint density at radius 2 is 1.96 bits per heavy atom. The van der Waals surface area contributed by atoms with E-state index in [1.54, 1.807) is 7.11 Å². The molecular formula is C18H22N2O2S. The molecule has 1 aromatic heterocycles. The van der Waals surface area contributed by atoms with Crippen molar-refractivity contribution in [2.45, 2.75) is 27.7 Å². The van der Waals surface area contributed by atoms with Crippen molar-refractivity contribution in [1.82, 2.24) is 4.98 Å². The summed E-state index contributed by atoms with van der Waals surface area (Å²) >= 11 is 1.45. The van der Waals surface area contributed by atoms with Gasteiger partial charge in [0.25, 0.3) is 0 Å². The SMILES string of the molecule is COc1cccc(-c2csc(NC(=O)C3C(C)(C)C3(C)C)n2)c1. The summed E-state index contributed by atoms with van der Waals surface area (Å²) in [5, 5.41) is 5.57. The average molecular weight is 330 g/mol. The lowest BCUT2D eigenvalue weighted by molar-refractivity contribution is -0.118. The fourth-order valence-corrected chi connectivity index (χ4v) is 4.00. The monoisotopic (exact) mass is 330 g/mol. The summed E-state index contributed by atoms with van der Waals surface area (Å²) in [4.78, 5) is 17.0. The third-order valence-corrected chi connectivity index (χ3v) is 6.14. The van der Waals surface area contributed by atoms with Crippen LogP contribution >= 0.6 is 11.3 Å². The molecule has 1 aliphatic carbocycles. The molecule has 0 radical (unpaired) electrons. The summed E-state index contributed by atoms with van der Waals surface area (Å²) in [7, 11) is 1.64. The van der Waals surface area contributed by atoms with Crippen LogP contribution in [0.4, 0.5) is 5.13 Å². The zero-order chi connectivity index (χ0) is 16.8. The zero-order valence-corrected chi connectivity index (χ0v) is 15.0. The maximum Gasteiger partial charge on any atom is 0.230 e. The Hall–Kier alpha value is -1.88. The van der Waals surface area contributed by atoms with Crippen molar-refractivity contribution in [3.8, 4) is 17.0 Å². The van der Waals surface area contributed by atoms with Gasteiger partial charge in [-0.3, -0.25) is 4.79 Å². The topological polar surface area (TPSA) is 51.2 Å². The Labute approximate surface area is 140 Å². The Balaban J connectivity index is 1.74. The Bertz CT molecular complexity index is 735. The lowest BCUT2D eigenvalue weighted by Gasteiger charge is -2.03. The third kappa shape index (κ3) is 2.63. The highest BCUT2D eigenvalue weighted by molar-refractivity contribution is 7.14. The Morgan fingerprint density at radius 3 is 2.57 bits per heavy atom. The predicted molar refractivity (Wildman–Crippen MR) is 93.8 cm³/mol. The molecule has 0 saturated heterocycles. The number of nitrogens with one attached hydrogen (secondary N) is 1. The van der Waals surface area contributed by atoms with Crippen LogP contribution in [-0.2, 0) is 4.79 Å². The van der Waals surface area contributed by atoms with E-state index in [1.807, 2.05) is 29.6 Å². The number of hydrogen-bond donors (Lipinski definition) is 1. The smallest absolute Gasteiger partial charge is 0.230 e. The molecule has 3 rings (SSSR count). The largest absolute Gasteiger partial charge is 0.497 e. The van der Waals surface area contributed by atoms with Gasteiger partial charge in [-0.25, -0.2) is 4.98 Å². The number of aromatic nitrogens is 1. The summed E-state index contributed by atoms with van der Waals surface area (Å²) in [6.45, 7) is 8.56. The number of thiazole rings is 1. The second-order valence-corrected chi connectivity index (χ2v) is 7.99. The highest BCUT2D eigenvalue weighted by atomic mass is 32.1. The summed E-state index contributed by atoms with van der Waals surface area (Å²) in [5.74, 6) is 0.883. The van der Waals surface area contributed by atoms with Crippen LogP contribution in [0, 0.1) is 16.7 Å². The molecule has 122 valence electrons. The van der Waals surface area contributed by atoms with Crippen LogP contribution in [-0.4, -0.2) is 18.0 Å². The number of rotatable bonds is 4. The third-order valence-electron chi connectivity index (χ3n) is 5.38.